The summed E-state index contributed by atoms with van der Waals surface area (Å²) in [7, 11) is -3.04. The van der Waals surface area contributed by atoms with E-state index in [1.54, 1.807) is 18.5 Å². The number of aromatic nitrogens is 2. The molecule has 7 heteroatoms. The molecule has 4 rings (SSSR count). The first kappa shape index (κ1) is 17.4. The molecule has 0 unspecified atom stereocenters. The third-order valence-corrected chi connectivity index (χ3v) is 7.12. The Hall–Kier alpha value is -1.99. The molecule has 1 aromatic carbocycles. The van der Waals surface area contributed by atoms with Gasteiger partial charge in [-0.25, -0.2) is 18.4 Å². The van der Waals surface area contributed by atoms with E-state index in [1.165, 1.54) is 11.1 Å². The Labute approximate surface area is 154 Å². The van der Waals surface area contributed by atoms with Crippen molar-refractivity contribution in [2.45, 2.75) is 32.0 Å². The summed E-state index contributed by atoms with van der Waals surface area (Å²) >= 11 is 0. The number of hydrogen-bond acceptors (Lipinski definition) is 6. The van der Waals surface area contributed by atoms with Gasteiger partial charge in [-0.2, -0.15) is 0 Å². The monoisotopic (exact) mass is 372 g/mol. The molecule has 2 atom stereocenters. The van der Waals surface area contributed by atoms with Crippen LogP contribution in [0.5, 0.6) is 0 Å². The van der Waals surface area contributed by atoms with E-state index in [9.17, 15) is 8.42 Å². The maximum atomic E-state index is 12.4. The highest BCUT2D eigenvalue weighted by Crippen LogP contribution is 2.30. The topological polar surface area (TPSA) is 66.4 Å². The van der Waals surface area contributed by atoms with E-state index >= 15 is 0 Å². The molecule has 0 amide bonds. The molecular weight excluding hydrogens is 348 g/mol. The number of anilines is 1. The van der Waals surface area contributed by atoms with Crippen LogP contribution in [0.4, 0.5) is 5.95 Å². The summed E-state index contributed by atoms with van der Waals surface area (Å²) in [6, 6.07) is 10.3. The van der Waals surface area contributed by atoms with Gasteiger partial charge in [0.2, 0.25) is 5.95 Å². The van der Waals surface area contributed by atoms with Crippen molar-refractivity contribution in [1.29, 1.82) is 0 Å². The Morgan fingerprint density at radius 1 is 1.00 bits per heavy atom. The van der Waals surface area contributed by atoms with Crippen LogP contribution < -0.4 is 4.90 Å². The van der Waals surface area contributed by atoms with Crippen LogP contribution in [0.3, 0.4) is 0 Å². The molecule has 1 aromatic heterocycles. The molecule has 0 saturated carbocycles. The molecule has 26 heavy (non-hydrogen) atoms. The summed E-state index contributed by atoms with van der Waals surface area (Å²) in [6.07, 6.45) is 4.45. The summed E-state index contributed by atoms with van der Waals surface area (Å²) in [6.45, 7) is 4.48. The first-order chi connectivity index (χ1) is 12.6. The van der Waals surface area contributed by atoms with Crippen LogP contribution in [0, 0.1) is 0 Å². The predicted octanol–water partition coefficient (Wildman–Crippen LogP) is 1.53. The zero-order valence-electron chi connectivity index (χ0n) is 15.0. The fourth-order valence-corrected chi connectivity index (χ4v) is 6.04. The average molecular weight is 372 g/mol. The van der Waals surface area contributed by atoms with Crippen molar-refractivity contribution >= 4 is 15.8 Å². The van der Waals surface area contributed by atoms with Crippen molar-refractivity contribution in [3.8, 4) is 0 Å². The number of aryl methyl sites for hydroxylation is 1. The number of fused-ring (bicyclic) bond motifs is 1. The number of nitrogens with zero attached hydrogens (tertiary/aromatic N) is 4. The highest BCUT2D eigenvalue weighted by molar-refractivity contribution is 7.91. The lowest BCUT2D eigenvalue weighted by atomic mass is 10.0. The Morgan fingerprint density at radius 2 is 1.65 bits per heavy atom. The SMILES string of the molecule is CCc1ccc(CN2CCN(c3ncccn3)[C@@H]3CS(=O)(=O)C[C@@H]32)cc1. The summed E-state index contributed by atoms with van der Waals surface area (Å²) < 4.78 is 24.7. The Balaban J connectivity index is 1.57. The molecule has 138 valence electrons. The second-order valence-electron chi connectivity index (χ2n) is 7.09. The van der Waals surface area contributed by atoms with Gasteiger partial charge in [0, 0.05) is 38.1 Å². The third-order valence-electron chi connectivity index (χ3n) is 5.42. The Kier molecular flexibility index (Phi) is 4.67. The second-order valence-corrected chi connectivity index (χ2v) is 9.25. The van der Waals surface area contributed by atoms with E-state index < -0.39 is 9.84 Å². The Bertz CT molecular complexity index is 855. The van der Waals surface area contributed by atoms with Crippen molar-refractivity contribution < 1.29 is 8.42 Å². The molecule has 0 radical (unpaired) electrons. The van der Waals surface area contributed by atoms with Gasteiger partial charge in [0.25, 0.3) is 0 Å². The van der Waals surface area contributed by atoms with E-state index in [1.807, 2.05) is 0 Å². The molecule has 3 heterocycles. The molecule has 2 saturated heterocycles. The third kappa shape index (κ3) is 3.46. The summed E-state index contributed by atoms with van der Waals surface area (Å²) in [5.41, 5.74) is 2.55. The molecule has 0 aliphatic carbocycles. The maximum Gasteiger partial charge on any atom is 0.225 e. The highest BCUT2D eigenvalue weighted by atomic mass is 32.2. The van der Waals surface area contributed by atoms with Crippen molar-refractivity contribution in [3.63, 3.8) is 0 Å². The van der Waals surface area contributed by atoms with Crippen LogP contribution in [-0.4, -0.2) is 60.0 Å². The predicted molar refractivity (Wildman–Crippen MR) is 102 cm³/mol. The molecule has 2 aliphatic heterocycles. The van der Waals surface area contributed by atoms with Crippen molar-refractivity contribution in [1.82, 2.24) is 14.9 Å². The Morgan fingerprint density at radius 3 is 2.35 bits per heavy atom. The van der Waals surface area contributed by atoms with Gasteiger partial charge in [0.05, 0.1) is 17.5 Å². The van der Waals surface area contributed by atoms with Crippen LogP contribution in [0.25, 0.3) is 0 Å². The van der Waals surface area contributed by atoms with Gasteiger partial charge in [-0.1, -0.05) is 31.2 Å². The molecule has 2 aliphatic rings. The molecular formula is C19H24N4O2S. The highest BCUT2D eigenvalue weighted by Gasteiger charge is 2.47. The molecule has 0 spiro atoms. The smallest absolute Gasteiger partial charge is 0.225 e. The minimum atomic E-state index is -3.04. The van der Waals surface area contributed by atoms with Gasteiger partial charge in [0.1, 0.15) is 0 Å². The number of benzene rings is 1. The maximum absolute atomic E-state index is 12.4. The van der Waals surface area contributed by atoms with Crippen LogP contribution in [0.15, 0.2) is 42.7 Å². The first-order valence-corrected chi connectivity index (χ1v) is 10.9. The first-order valence-electron chi connectivity index (χ1n) is 9.12. The molecule has 2 fully saturated rings. The lowest BCUT2D eigenvalue weighted by Gasteiger charge is -2.43. The number of sulfone groups is 1. The van der Waals surface area contributed by atoms with Gasteiger partial charge in [-0.3, -0.25) is 4.90 Å². The van der Waals surface area contributed by atoms with Crippen molar-refractivity contribution in [2.75, 3.05) is 29.5 Å². The number of hydrogen-bond donors (Lipinski definition) is 0. The van der Waals surface area contributed by atoms with Crippen molar-refractivity contribution in [2.24, 2.45) is 0 Å². The average Bonchev–Trinajstić information content (AvgIpc) is 2.99. The van der Waals surface area contributed by atoms with Crippen LogP contribution in [-0.2, 0) is 22.8 Å². The zero-order valence-corrected chi connectivity index (χ0v) is 15.8. The summed E-state index contributed by atoms with van der Waals surface area (Å²) in [4.78, 5) is 13.1. The minimum absolute atomic E-state index is 0.0107. The van der Waals surface area contributed by atoms with E-state index in [4.69, 9.17) is 0 Å². The van der Waals surface area contributed by atoms with Crippen LogP contribution in [0.2, 0.25) is 0 Å². The van der Waals surface area contributed by atoms with Crippen LogP contribution >= 0.6 is 0 Å². The summed E-state index contributed by atoms with van der Waals surface area (Å²) in [5, 5.41) is 0. The second kappa shape index (κ2) is 6.96. The standard InChI is InChI=1S/C19H24N4O2S/c1-2-15-4-6-16(7-5-15)12-22-10-11-23(19-20-8-3-9-21-19)18-14-26(24,25)13-17(18)22/h3-9,17-18H,2,10-14H2,1H3/t17-,18+/m0/s1. The lowest BCUT2D eigenvalue weighted by Crippen LogP contribution is -2.59. The molecule has 6 nitrogen and oxygen atoms in total. The zero-order chi connectivity index (χ0) is 18.1. The minimum Gasteiger partial charge on any atom is -0.334 e. The van der Waals surface area contributed by atoms with Gasteiger partial charge in [0.15, 0.2) is 9.84 Å². The van der Waals surface area contributed by atoms with E-state index in [2.05, 4.69) is 51.0 Å². The summed E-state index contributed by atoms with van der Waals surface area (Å²) in [5.74, 6) is 1.03. The van der Waals surface area contributed by atoms with Crippen LogP contribution in [0.1, 0.15) is 18.1 Å². The van der Waals surface area contributed by atoms with Gasteiger partial charge in [-0.05, 0) is 23.6 Å². The molecule has 0 bridgehead atoms. The number of rotatable bonds is 4. The van der Waals surface area contributed by atoms with E-state index in [0.717, 1.165) is 26.1 Å². The van der Waals surface area contributed by atoms with Gasteiger partial charge < -0.3 is 4.90 Å². The largest absolute Gasteiger partial charge is 0.334 e. The lowest BCUT2D eigenvalue weighted by molar-refractivity contribution is 0.159. The van der Waals surface area contributed by atoms with E-state index in [0.29, 0.717) is 5.95 Å². The van der Waals surface area contributed by atoms with E-state index in [-0.39, 0.29) is 23.6 Å². The molecule has 2 aromatic rings. The fraction of sp³-hybridized carbons (Fsp3) is 0.474. The van der Waals surface area contributed by atoms with Crippen molar-refractivity contribution in [3.05, 3.63) is 53.9 Å². The fourth-order valence-electron chi connectivity index (χ4n) is 4.02. The van der Waals surface area contributed by atoms with Gasteiger partial charge in [-0.15, -0.1) is 0 Å². The molecule has 0 N–H and O–H groups in total. The number of piperazine rings is 1. The van der Waals surface area contributed by atoms with Gasteiger partial charge >= 0.3 is 0 Å². The normalized spacial score (nSPS) is 25.2. The quantitative estimate of drug-likeness (QED) is 0.811.